The van der Waals surface area contributed by atoms with Crippen molar-refractivity contribution in [2.75, 3.05) is 13.7 Å². The number of nitrogens with two attached hydrogens (primary N) is 1. The van der Waals surface area contributed by atoms with Gasteiger partial charge in [-0.05, 0) is 57.1 Å². The molecule has 0 aliphatic carbocycles. The van der Waals surface area contributed by atoms with Crippen molar-refractivity contribution in [2.24, 2.45) is 5.84 Å². The molecule has 4 nitrogen and oxygen atoms in total. The van der Waals surface area contributed by atoms with Gasteiger partial charge in [-0.3, -0.25) is 11.3 Å². The van der Waals surface area contributed by atoms with Crippen LogP contribution < -0.4 is 16.0 Å². The van der Waals surface area contributed by atoms with E-state index in [0.29, 0.717) is 6.10 Å². The van der Waals surface area contributed by atoms with E-state index in [9.17, 15) is 0 Å². The summed E-state index contributed by atoms with van der Waals surface area (Å²) in [7, 11) is 1.72. The molecule has 2 rings (SSSR count). The third kappa shape index (κ3) is 4.99. The second kappa shape index (κ2) is 8.37. The fraction of sp³-hybridized carbons (Fsp3) is 0.647. The summed E-state index contributed by atoms with van der Waals surface area (Å²) in [5, 5.41) is 0. The summed E-state index contributed by atoms with van der Waals surface area (Å²) in [6.07, 6.45) is 7.07. The number of rotatable bonds is 7. The first-order valence-corrected chi connectivity index (χ1v) is 7.94. The Morgan fingerprint density at radius 2 is 2.29 bits per heavy atom. The van der Waals surface area contributed by atoms with Crippen LogP contribution in [-0.4, -0.2) is 25.9 Å². The van der Waals surface area contributed by atoms with Crippen LogP contribution >= 0.6 is 0 Å². The van der Waals surface area contributed by atoms with E-state index in [2.05, 4.69) is 24.5 Å². The van der Waals surface area contributed by atoms with E-state index in [0.717, 1.165) is 31.6 Å². The minimum atomic E-state index is 0.256. The van der Waals surface area contributed by atoms with Crippen LogP contribution in [-0.2, 0) is 11.2 Å². The number of ether oxygens (including phenoxy) is 2. The Labute approximate surface area is 128 Å². The highest BCUT2D eigenvalue weighted by atomic mass is 16.5. The summed E-state index contributed by atoms with van der Waals surface area (Å²) < 4.78 is 11.2. The first kappa shape index (κ1) is 16.3. The lowest BCUT2D eigenvalue weighted by Crippen LogP contribution is -2.37. The maximum atomic E-state index is 5.79. The molecule has 0 amide bonds. The Balaban J connectivity index is 1.90. The fourth-order valence-corrected chi connectivity index (χ4v) is 3.00. The van der Waals surface area contributed by atoms with E-state index in [1.807, 2.05) is 6.07 Å². The van der Waals surface area contributed by atoms with E-state index >= 15 is 0 Å². The van der Waals surface area contributed by atoms with Crippen molar-refractivity contribution in [3.8, 4) is 5.75 Å². The number of benzene rings is 1. The van der Waals surface area contributed by atoms with E-state index in [-0.39, 0.29) is 6.04 Å². The van der Waals surface area contributed by atoms with Gasteiger partial charge in [0.2, 0.25) is 0 Å². The molecule has 4 heteroatoms. The van der Waals surface area contributed by atoms with Crippen molar-refractivity contribution in [3.63, 3.8) is 0 Å². The van der Waals surface area contributed by atoms with Gasteiger partial charge < -0.3 is 9.47 Å². The molecule has 1 aromatic rings. The Morgan fingerprint density at radius 3 is 2.95 bits per heavy atom. The van der Waals surface area contributed by atoms with Crippen LogP contribution in [0.25, 0.3) is 0 Å². The van der Waals surface area contributed by atoms with E-state index in [4.69, 9.17) is 15.3 Å². The minimum absolute atomic E-state index is 0.256. The molecule has 1 aliphatic heterocycles. The maximum Gasteiger partial charge on any atom is 0.122 e. The summed E-state index contributed by atoms with van der Waals surface area (Å²) >= 11 is 0. The molecule has 21 heavy (non-hydrogen) atoms. The van der Waals surface area contributed by atoms with Gasteiger partial charge in [-0.1, -0.05) is 17.7 Å². The number of methoxy groups -OCH3 is 1. The highest BCUT2D eigenvalue weighted by Crippen LogP contribution is 2.23. The molecular formula is C17H28N2O2. The van der Waals surface area contributed by atoms with Crippen molar-refractivity contribution < 1.29 is 9.47 Å². The van der Waals surface area contributed by atoms with Crippen LogP contribution in [0.2, 0.25) is 0 Å². The minimum Gasteiger partial charge on any atom is -0.496 e. The van der Waals surface area contributed by atoms with Crippen molar-refractivity contribution in [1.29, 1.82) is 0 Å². The van der Waals surface area contributed by atoms with Crippen molar-refractivity contribution in [2.45, 2.75) is 57.6 Å². The van der Waals surface area contributed by atoms with Crippen molar-refractivity contribution in [3.05, 3.63) is 29.3 Å². The lowest BCUT2D eigenvalue weighted by molar-refractivity contribution is 0.00858. The van der Waals surface area contributed by atoms with E-state index < -0.39 is 0 Å². The van der Waals surface area contributed by atoms with Gasteiger partial charge >= 0.3 is 0 Å². The van der Waals surface area contributed by atoms with Crippen LogP contribution in [0.3, 0.4) is 0 Å². The highest BCUT2D eigenvalue weighted by Gasteiger charge is 2.17. The van der Waals surface area contributed by atoms with Crippen LogP contribution in [0, 0.1) is 6.92 Å². The predicted molar refractivity (Wildman–Crippen MR) is 85.4 cm³/mol. The Bertz CT molecular complexity index is 431. The van der Waals surface area contributed by atoms with E-state index in [1.165, 1.54) is 30.4 Å². The van der Waals surface area contributed by atoms with Crippen LogP contribution in [0.5, 0.6) is 5.75 Å². The molecule has 1 saturated heterocycles. The number of hydrazine groups is 1. The van der Waals surface area contributed by atoms with Gasteiger partial charge in [0.15, 0.2) is 0 Å². The Kier molecular flexibility index (Phi) is 6.49. The quantitative estimate of drug-likeness (QED) is 0.599. The molecule has 1 aliphatic rings. The van der Waals surface area contributed by atoms with Crippen molar-refractivity contribution >= 4 is 0 Å². The molecule has 118 valence electrons. The van der Waals surface area contributed by atoms with Gasteiger partial charge in [-0.25, -0.2) is 0 Å². The van der Waals surface area contributed by atoms with Crippen LogP contribution in [0.1, 0.15) is 43.2 Å². The number of hydrogen-bond acceptors (Lipinski definition) is 4. The monoisotopic (exact) mass is 292 g/mol. The second-order valence-electron chi connectivity index (χ2n) is 5.95. The molecule has 3 N–H and O–H groups in total. The molecule has 1 fully saturated rings. The first-order chi connectivity index (χ1) is 10.2. The normalized spacial score (nSPS) is 20.2. The van der Waals surface area contributed by atoms with Gasteiger partial charge in [-0.15, -0.1) is 0 Å². The van der Waals surface area contributed by atoms with Gasteiger partial charge in [0.25, 0.3) is 0 Å². The molecular weight excluding hydrogens is 264 g/mol. The smallest absolute Gasteiger partial charge is 0.122 e. The van der Waals surface area contributed by atoms with Gasteiger partial charge in [0.1, 0.15) is 5.75 Å². The summed E-state index contributed by atoms with van der Waals surface area (Å²) in [5.41, 5.74) is 5.41. The number of aryl methyl sites for hydroxylation is 1. The van der Waals surface area contributed by atoms with E-state index in [1.54, 1.807) is 7.11 Å². The molecule has 2 atom stereocenters. The predicted octanol–water partition coefficient (Wildman–Crippen LogP) is 2.73. The van der Waals surface area contributed by atoms with Crippen LogP contribution in [0.4, 0.5) is 0 Å². The lowest BCUT2D eigenvalue weighted by atomic mass is 9.96. The van der Waals surface area contributed by atoms with Gasteiger partial charge in [-0.2, -0.15) is 0 Å². The van der Waals surface area contributed by atoms with Gasteiger partial charge in [0, 0.05) is 12.6 Å². The lowest BCUT2D eigenvalue weighted by Gasteiger charge is -2.25. The van der Waals surface area contributed by atoms with Crippen molar-refractivity contribution in [1.82, 2.24) is 5.43 Å². The van der Waals surface area contributed by atoms with Gasteiger partial charge in [0.05, 0.1) is 13.2 Å². The highest BCUT2D eigenvalue weighted by molar-refractivity contribution is 5.37. The third-order valence-electron chi connectivity index (χ3n) is 4.25. The zero-order valence-electron chi connectivity index (χ0n) is 13.2. The Morgan fingerprint density at radius 1 is 1.43 bits per heavy atom. The topological polar surface area (TPSA) is 56.5 Å². The summed E-state index contributed by atoms with van der Waals surface area (Å²) in [5.74, 6) is 6.67. The average Bonchev–Trinajstić information content (AvgIpc) is 2.52. The summed E-state index contributed by atoms with van der Waals surface area (Å²) in [6.45, 7) is 3.01. The number of hydrogen-bond donors (Lipinski definition) is 2. The standard InChI is InChI=1S/C17H28N2O2/c1-13-6-9-17(20-2)14(11-13)12-15(19-18)7-8-16-5-3-4-10-21-16/h6,9,11,15-16,19H,3-5,7-8,10,12,18H2,1-2H3. The maximum absolute atomic E-state index is 5.79. The third-order valence-corrected chi connectivity index (χ3v) is 4.25. The molecule has 2 unspecified atom stereocenters. The molecule has 0 spiro atoms. The Hall–Kier alpha value is -1.10. The zero-order chi connectivity index (χ0) is 15.1. The molecule has 0 saturated carbocycles. The zero-order valence-corrected chi connectivity index (χ0v) is 13.2. The largest absolute Gasteiger partial charge is 0.496 e. The molecule has 0 radical (unpaired) electrons. The SMILES string of the molecule is COc1ccc(C)cc1CC(CCC1CCCCO1)NN. The van der Waals surface area contributed by atoms with Crippen LogP contribution in [0.15, 0.2) is 18.2 Å². The molecule has 1 heterocycles. The number of nitrogens with one attached hydrogen (secondary N) is 1. The molecule has 1 aromatic carbocycles. The molecule has 0 bridgehead atoms. The summed E-state index contributed by atoms with van der Waals surface area (Å²) in [6, 6.07) is 6.54. The molecule has 0 aromatic heterocycles. The summed E-state index contributed by atoms with van der Waals surface area (Å²) in [4.78, 5) is 0. The fourth-order valence-electron chi connectivity index (χ4n) is 3.00. The first-order valence-electron chi connectivity index (χ1n) is 7.94. The average molecular weight is 292 g/mol. The second-order valence-corrected chi connectivity index (χ2v) is 5.95.